The molecule has 1 fully saturated rings. The molecule has 2 N–H and O–H groups in total. The summed E-state index contributed by atoms with van der Waals surface area (Å²) in [5, 5.41) is 14.4. The van der Waals surface area contributed by atoms with Crippen LogP contribution in [0.4, 0.5) is 0 Å². The van der Waals surface area contributed by atoms with E-state index in [9.17, 15) is 9.90 Å². The number of nitrogens with zero attached hydrogens (tertiary/aromatic N) is 2. The van der Waals surface area contributed by atoms with Gasteiger partial charge in [-0.15, -0.1) is 5.10 Å². The number of carbonyl (C=O) groups is 1. The summed E-state index contributed by atoms with van der Waals surface area (Å²) >= 11 is 5.28. The minimum Gasteiger partial charge on any atom is -0.465 e. The number of aryl methyl sites for hydroxylation is 2. The lowest BCUT2D eigenvalue weighted by atomic mass is 10.1. The van der Waals surface area contributed by atoms with Crippen LogP contribution in [0.2, 0.25) is 0 Å². The van der Waals surface area contributed by atoms with Gasteiger partial charge in [0.2, 0.25) is 5.89 Å². The fraction of sp³-hybridized carbons (Fsp3) is 0.471. The molecular weight excluding hydrogens is 342 g/mol. The molecule has 0 spiro atoms. The van der Waals surface area contributed by atoms with E-state index in [2.05, 4.69) is 11.2 Å². The van der Waals surface area contributed by atoms with Gasteiger partial charge in [-0.2, -0.15) is 4.68 Å². The van der Waals surface area contributed by atoms with Crippen LogP contribution in [0.5, 0.6) is 0 Å². The third-order valence-electron chi connectivity index (χ3n) is 4.41. The topological polar surface area (TPSA) is 81.9 Å². The van der Waals surface area contributed by atoms with Crippen molar-refractivity contribution in [2.24, 2.45) is 0 Å². The Hall–Kier alpha value is -2.03. The van der Waals surface area contributed by atoms with Crippen LogP contribution in [-0.2, 0) is 16.2 Å². The van der Waals surface area contributed by atoms with Crippen LogP contribution >= 0.6 is 12.2 Å². The van der Waals surface area contributed by atoms with Crippen LogP contribution in [0.15, 0.2) is 22.6 Å². The minimum atomic E-state index is -0.543. The molecule has 134 valence electrons. The van der Waals surface area contributed by atoms with E-state index >= 15 is 0 Å². The Bertz CT molecular complexity index is 824. The third-order valence-corrected chi connectivity index (χ3v) is 4.71. The Morgan fingerprint density at radius 1 is 1.44 bits per heavy atom. The second-order valence-electron chi connectivity index (χ2n) is 6.53. The lowest BCUT2D eigenvalue weighted by molar-refractivity contribution is -0.928. The zero-order valence-corrected chi connectivity index (χ0v) is 15.3. The Morgan fingerprint density at radius 2 is 2.12 bits per heavy atom. The number of rotatable bonds is 4. The summed E-state index contributed by atoms with van der Waals surface area (Å²) in [6, 6.07) is 5.62. The number of hydrogen-bond donors (Lipinski definition) is 2. The van der Waals surface area contributed by atoms with Gasteiger partial charge in [-0.25, -0.2) is 4.79 Å². The molecular formula is C17H22N3O4S+. The first-order valence-electron chi connectivity index (χ1n) is 8.14. The summed E-state index contributed by atoms with van der Waals surface area (Å²) in [4.78, 5) is 13.0. The SMILES string of the molecule is COC(=O)[C@@H]1C[C@@H](O)C[NH+]1Cn1nc(-c2cc(C)cc(C)c2)oc1=S. The largest absolute Gasteiger partial charge is 0.465 e. The van der Waals surface area contributed by atoms with Crippen LogP contribution in [0.1, 0.15) is 17.5 Å². The fourth-order valence-electron chi connectivity index (χ4n) is 3.36. The van der Waals surface area contributed by atoms with E-state index in [0.29, 0.717) is 25.5 Å². The van der Waals surface area contributed by atoms with E-state index in [4.69, 9.17) is 21.4 Å². The van der Waals surface area contributed by atoms with Gasteiger partial charge < -0.3 is 19.2 Å². The summed E-state index contributed by atoms with van der Waals surface area (Å²) in [6.45, 7) is 4.80. The predicted octanol–water partition coefficient (Wildman–Crippen LogP) is 0.638. The van der Waals surface area contributed by atoms with Crippen molar-refractivity contribution in [1.82, 2.24) is 9.78 Å². The lowest BCUT2D eigenvalue weighted by Gasteiger charge is -2.18. The number of aromatic nitrogens is 2. The molecule has 0 radical (unpaired) electrons. The van der Waals surface area contributed by atoms with Crippen LogP contribution in [0, 0.1) is 18.7 Å². The number of aliphatic hydroxyl groups is 1. The molecule has 1 saturated heterocycles. The maximum atomic E-state index is 11.9. The van der Waals surface area contributed by atoms with Gasteiger partial charge in [0.1, 0.15) is 12.6 Å². The summed E-state index contributed by atoms with van der Waals surface area (Å²) < 4.78 is 12.0. The molecule has 1 unspecified atom stereocenters. The normalized spacial score (nSPS) is 23.0. The van der Waals surface area contributed by atoms with E-state index < -0.39 is 12.1 Å². The maximum Gasteiger partial charge on any atom is 0.364 e. The number of benzene rings is 1. The maximum absolute atomic E-state index is 11.9. The number of quaternary nitrogens is 1. The number of methoxy groups -OCH3 is 1. The molecule has 1 aromatic carbocycles. The standard InChI is InChI=1S/C17H21N3O4S/c1-10-4-11(2)6-12(5-10)15-18-20(17(25)24-15)9-19-8-13(21)7-14(19)16(22)23-3/h4-6,13-14,21H,7-9H2,1-3H3/p+1/t13-,14+/m1/s1. The van der Waals surface area contributed by atoms with Crippen molar-refractivity contribution in [3.63, 3.8) is 0 Å². The zero-order valence-electron chi connectivity index (χ0n) is 14.5. The van der Waals surface area contributed by atoms with Gasteiger partial charge in [0, 0.05) is 12.0 Å². The van der Waals surface area contributed by atoms with Crippen molar-refractivity contribution in [3.05, 3.63) is 34.2 Å². The van der Waals surface area contributed by atoms with Crippen LogP contribution in [0.25, 0.3) is 11.5 Å². The van der Waals surface area contributed by atoms with E-state index in [-0.39, 0.29) is 10.8 Å². The third kappa shape index (κ3) is 3.81. The van der Waals surface area contributed by atoms with Crippen molar-refractivity contribution >= 4 is 18.2 Å². The zero-order chi connectivity index (χ0) is 18.1. The van der Waals surface area contributed by atoms with Gasteiger partial charge in [-0.1, -0.05) is 17.2 Å². The lowest BCUT2D eigenvalue weighted by Crippen LogP contribution is -3.14. The second kappa shape index (κ2) is 7.07. The Balaban J connectivity index is 1.85. The van der Waals surface area contributed by atoms with E-state index in [0.717, 1.165) is 21.6 Å². The highest BCUT2D eigenvalue weighted by molar-refractivity contribution is 7.71. The first kappa shape index (κ1) is 17.8. The molecule has 3 rings (SSSR count). The summed E-state index contributed by atoms with van der Waals surface area (Å²) in [6.07, 6.45) is -0.170. The molecule has 0 aliphatic carbocycles. The molecule has 3 atom stereocenters. The van der Waals surface area contributed by atoms with Crippen molar-refractivity contribution in [2.45, 2.75) is 39.1 Å². The van der Waals surface area contributed by atoms with Gasteiger partial charge in [0.15, 0.2) is 12.7 Å². The van der Waals surface area contributed by atoms with Crippen molar-refractivity contribution in [2.75, 3.05) is 13.7 Å². The smallest absolute Gasteiger partial charge is 0.364 e. The van der Waals surface area contributed by atoms with Crippen LogP contribution < -0.4 is 4.90 Å². The molecule has 1 aliphatic rings. The molecule has 2 aromatic rings. The van der Waals surface area contributed by atoms with Crippen molar-refractivity contribution in [1.29, 1.82) is 0 Å². The van der Waals surface area contributed by atoms with Gasteiger partial charge >= 0.3 is 5.97 Å². The van der Waals surface area contributed by atoms with E-state index in [1.54, 1.807) is 4.68 Å². The Kier molecular flexibility index (Phi) is 5.03. The quantitative estimate of drug-likeness (QED) is 0.612. The number of aliphatic hydroxyl groups excluding tert-OH is 1. The molecule has 7 nitrogen and oxygen atoms in total. The predicted molar refractivity (Wildman–Crippen MR) is 92.5 cm³/mol. The molecule has 0 saturated carbocycles. The number of ether oxygens (including phenoxy) is 1. The van der Waals surface area contributed by atoms with Crippen LogP contribution in [-0.4, -0.2) is 46.7 Å². The van der Waals surface area contributed by atoms with Crippen molar-refractivity contribution in [3.8, 4) is 11.5 Å². The molecule has 8 heteroatoms. The van der Waals surface area contributed by atoms with Gasteiger partial charge in [0.05, 0.1) is 7.11 Å². The number of hydrogen-bond acceptors (Lipinski definition) is 6. The number of nitrogens with one attached hydrogen (secondary N) is 1. The van der Waals surface area contributed by atoms with E-state index in [1.807, 2.05) is 26.0 Å². The molecule has 1 aliphatic heterocycles. The highest BCUT2D eigenvalue weighted by Crippen LogP contribution is 2.21. The van der Waals surface area contributed by atoms with E-state index in [1.165, 1.54) is 7.11 Å². The van der Waals surface area contributed by atoms with Crippen molar-refractivity contribution < 1.29 is 24.0 Å². The Labute approximate surface area is 150 Å². The number of likely N-dealkylation sites (tertiary alicyclic amines) is 1. The van der Waals surface area contributed by atoms with Gasteiger partial charge in [-0.05, 0) is 38.2 Å². The summed E-state index contributed by atoms with van der Waals surface area (Å²) in [7, 11) is 1.35. The van der Waals surface area contributed by atoms with Gasteiger partial charge in [-0.3, -0.25) is 0 Å². The van der Waals surface area contributed by atoms with Gasteiger partial charge in [0.25, 0.3) is 4.84 Å². The first-order valence-corrected chi connectivity index (χ1v) is 8.55. The van der Waals surface area contributed by atoms with Crippen LogP contribution in [0.3, 0.4) is 0 Å². The molecule has 2 heterocycles. The fourth-order valence-corrected chi connectivity index (χ4v) is 3.54. The molecule has 1 aromatic heterocycles. The average molecular weight is 364 g/mol. The molecule has 0 amide bonds. The number of esters is 1. The Morgan fingerprint density at radius 3 is 2.76 bits per heavy atom. The highest BCUT2D eigenvalue weighted by atomic mass is 32.1. The second-order valence-corrected chi connectivity index (χ2v) is 6.88. The summed E-state index contributed by atoms with van der Waals surface area (Å²) in [5.74, 6) is 0.113. The minimum absolute atomic E-state index is 0.242. The first-order chi connectivity index (χ1) is 11.9. The monoisotopic (exact) mass is 364 g/mol. The highest BCUT2D eigenvalue weighted by Gasteiger charge is 2.41. The average Bonchev–Trinajstić information content (AvgIpc) is 3.09. The number of carbonyl (C=O) groups excluding carboxylic acids is 1. The molecule has 25 heavy (non-hydrogen) atoms. The molecule has 0 bridgehead atoms. The summed E-state index contributed by atoms with van der Waals surface area (Å²) in [5.41, 5.74) is 3.10.